The Bertz CT molecular complexity index is 1440. The van der Waals surface area contributed by atoms with E-state index in [9.17, 15) is 10.1 Å². The van der Waals surface area contributed by atoms with Crippen LogP contribution < -0.4 is 19.9 Å². The molecule has 4 aromatic rings. The molecule has 1 unspecified atom stereocenters. The molecule has 1 aliphatic rings. The zero-order valence-corrected chi connectivity index (χ0v) is 18.9. The molecule has 0 aliphatic carbocycles. The monoisotopic (exact) mass is 457 g/mol. The lowest BCUT2D eigenvalue weighted by Gasteiger charge is -2.19. The minimum Gasteiger partial charge on any atom is -0.497 e. The minimum absolute atomic E-state index is 0.0249. The maximum Gasteiger partial charge on any atom is 0.280 e. The summed E-state index contributed by atoms with van der Waals surface area (Å²) >= 11 is 0. The fraction of sp³-hybridized carbons (Fsp3) is 0.292. The van der Waals surface area contributed by atoms with Crippen LogP contribution in [0.25, 0.3) is 22.6 Å². The Morgan fingerprint density at radius 2 is 2.15 bits per heavy atom. The Morgan fingerprint density at radius 1 is 1.26 bits per heavy atom. The summed E-state index contributed by atoms with van der Waals surface area (Å²) < 4.78 is 12.7. The van der Waals surface area contributed by atoms with Crippen molar-refractivity contribution in [2.75, 3.05) is 25.1 Å². The maximum atomic E-state index is 12.7. The van der Waals surface area contributed by atoms with Gasteiger partial charge in [0.05, 0.1) is 13.7 Å². The van der Waals surface area contributed by atoms with E-state index in [4.69, 9.17) is 9.47 Å². The molecule has 1 saturated heterocycles. The number of ether oxygens (including phenoxy) is 2. The molecule has 0 spiro atoms. The topological polar surface area (TPSA) is 122 Å². The van der Waals surface area contributed by atoms with Crippen molar-refractivity contribution in [3.8, 4) is 29.1 Å². The van der Waals surface area contributed by atoms with Gasteiger partial charge in [-0.05, 0) is 25.1 Å². The summed E-state index contributed by atoms with van der Waals surface area (Å²) in [4.78, 5) is 31.0. The fourth-order valence-electron chi connectivity index (χ4n) is 4.13. The minimum atomic E-state index is -0.322. The van der Waals surface area contributed by atoms with Crippen LogP contribution in [0.4, 0.5) is 5.69 Å². The first kappa shape index (κ1) is 21.5. The first-order valence-corrected chi connectivity index (χ1v) is 11.0. The number of benzene rings is 1. The summed E-state index contributed by atoms with van der Waals surface area (Å²) in [5.74, 6) is 1.86. The zero-order valence-electron chi connectivity index (χ0n) is 18.9. The lowest BCUT2D eigenvalue weighted by molar-refractivity contribution is 0.216. The smallest absolute Gasteiger partial charge is 0.280 e. The van der Waals surface area contributed by atoms with Gasteiger partial charge in [0.25, 0.3) is 5.56 Å². The second-order valence-electron chi connectivity index (χ2n) is 7.94. The zero-order chi connectivity index (χ0) is 23.7. The molecule has 4 heterocycles. The van der Waals surface area contributed by atoms with E-state index in [0.717, 1.165) is 30.9 Å². The van der Waals surface area contributed by atoms with Gasteiger partial charge in [-0.1, -0.05) is 6.07 Å². The first-order chi connectivity index (χ1) is 16.6. The molecule has 1 fully saturated rings. The Balaban J connectivity index is 1.31. The molecule has 172 valence electrons. The number of hydrogen-bond acceptors (Lipinski definition) is 8. The third kappa shape index (κ3) is 3.92. The number of pyridine rings is 1. The van der Waals surface area contributed by atoms with Crippen molar-refractivity contribution in [3.05, 3.63) is 58.8 Å². The van der Waals surface area contributed by atoms with Crippen LogP contribution in [0.5, 0.6) is 11.6 Å². The van der Waals surface area contributed by atoms with Crippen LogP contribution in [0.3, 0.4) is 0 Å². The molecule has 0 saturated carbocycles. The van der Waals surface area contributed by atoms with Crippen LogP contribution in [0.15, 0.2) is 47.4 Å². The van der Waals surface area contributed by atoms with Gasteiger partial charge in [-0.15, -0.1) is 0 Å². The third-order valence-electron chi connectivity index (χ3n) is 5.89. The number of fused-ring (bicyclic) bond motifs is 1. The molecule has 10 heteroatoms. The number of imidazole rings is 1. The number of nitriles is 1. The lowest BCUT2D eigenvalue weighted by Crippen LogP contribution is -2.24. The van der Waals surface area contributed by atoms with Gasteiger partial charge in [0.2, 0.25) is 11.7 Å². The molecule has 34 heavy (non-hydrogen) atoms. The van der Waals surface area contributed by atoms with Gasteiger partial charge in [-0.2, -0.15) is 10.2 Å². The van der Waals surface area contributed by atoms with Crippen molar-refractivity contribution >= 4 is 16.9 Å². The standard InChI is InChI=1S/C24H23N7O3/c1-3-31-19(12-25)27-23-21(24(31)32)28-22(29-23)15-7-8-20(26-13-15)34-18-9-10-30(14-18)16-5-4-6-17(11-16)33-2/h4-8,11,13,18H,3,9-10,14H2,1-2H3,(H,28,29). The van der Waals surface area contributed by atoms with Crippen molar-refractivity contribution in [1.82, 2.24) is 24.5 Å². The highest BCUT2D eigenvalue weighted by Crippen LogP contribution is 2.27. The van der Waals surface area contributed by atoms with Crippen molar-refractivity contribution in [2.45, 2.75) is 26.0 Å². The molecule has 0 amide bonds. The van der Waals surface area contributed by atoms with Crippen LogP contribution in [0.2, 0.25) is 0 Å². The van der Waals surface area contributed by atoms with Gasteiger partial charge >= 0.3 is 0 Å². The molecule has 1 atom stereocenters. The number of nitrogens with one attached hydrogen (secondary N) is 1. The van der Waals surface area contributed by atoms with E-state index in [1.807, 2.05) is 30.3 Å². The van der Waals surface area contributed by atoms with Gasteiger partial charge in [0.1, 0.15) is 23.7 Å². The SMILES string of the molecule is CCn1c(C#N)nc2nc(-c3ccc(OC4CCN(c5cccc(OC)c5)C4)nc3)[nH]c2c1=O. The van der Waals surface area contributed by atoms with Gasteiger partial charge in [-0.3, -0.25) is 9.36 Å². The van der Waals surface area contributed by atoms with Crippen LogP contribution in [-0.4, -0.2) is 50.8 Å². The second kappa shape index (κ2) is 8.86. The number of aromatic nitrogens is 5. The molecule has 1 aromatic carbocycles. The highest BCUT2D eigenvalue weighted by Gasteiger charge is 2.25. The Labute approximate surface area is 195 Å². The fourth-order valence-corrected chi connectivity index (χ4v) is 4.13. The number of H-pyrrole nitrogens is 1. The van der Waals surface area contributed by atoms with E-state index in [2.05, 4.69) is 30.9 Å². The van der Waals surface area contributed by atoms with E-state index in [-0.39, 0.29) is 28.7 Å². The van der Waals surface area contributed by atoms with Crippen LogP contribution in [0, 0.1) is 11.3 Å². The molecule has 0 radical (unpaired) electrons. The predicted octanol–water partition coefficient (Wildman–Crippen LogP) is 2.74. The highest BCUT2D eigenvalue weighted by atomic mass is 16.5. The lowest BCUT2D eigenvalue weighted by atomic mass is 10.2. The number of methoxy groups -OCH3 is 1. The van der Waals surface area contributed by atoms with Crippen molar-refractivity contribution in [2.24, 2.45) is 0 Å². The first-order valence-electron chi connectivity index (χ1n) is 11.0. The summed E-state index contributed by atoms with van der Waals surface area (Å²) in [5.41, 5.74) is 1.95. The largest absolute Gasteiger partial charge is 0.497 e. The Kier molecular flexibility index (Phi) is 5.59. The quantitative estimate of drug-likeness (QED) is 0.469. The third-order valence-corrected chi connectivity index (χ3v) is 5.89. The molecule has 10 nitrogen and oxygen atoms in total. The van der Waals surface area contributed by atoms with Crippen LogP contribution in [-0.2, 0) is 6.54 Å². The number of rotatable bonds is 6. The number of nitrogens with zero attached hydrogens (tertiary/aromatic N) is 6. The summed E-state index contributed by atoms with van der Waals surface area (Å²) in [6, 6.07) is 13.6. The van der Waals surface area contributed by atoms with Gasteiger partial charge in [-0.25, -0.2) is 9.97 Å². The summed E-state index contributed by atoms with van der Waals surface area (Å²) in [6.07, 6.45) is 2.56. The molecule has 1 aliphatic heterocycles. The predicted molar refractivity (Wildman–Crippen MR) is 126 cm³/mol. The van der Waals surface area contributed by atoms with Crippen LogP contribution >= 0.6 is 0 Å². The van der Waals surface area contributed by atoms with Crippen LogP contribution in [0.1, 0.15) is 19.2 Å². The van der Waals surface area contributed by atoms with Gasteiger partial charge in [0, 0.05) is 49.1 Å². The highest BCUT2D eigenvalue weighted by molar-refractivity contribution is 5.75. The molecule has 1 N–H and O–H groups in total. The normalized spacial score (nSPS) is 15.4. The van der Waals surface area contributed by atoms with Gasteiger partial charge in [0.15, 0.2) is 11.2 Å². The maximum absolute atomic E-state index is 12.7. The molecular weight excluding hydrogens is 434 g/mol. The summed E-state index contributed by atoms with van der Waals surface area (Å²) in [7, 11) is 1.66. The summed E-state index contributed by atoms with van der Waals surface area (Å²) in [5, 5.41) is 9.27. The second-order valence-corrected chi connectivity index (χ2v) is 7.94. The number of hydrogen-bond donors (Lipinski definition) is 1. The molecular formula is C24H23N7O3. The van der Waals surface area contributed by atoms with E-state index < -0.39 is 0 Å². The molecule has 3 aromatic heterocycles. The Morgan fingerprint density at radius 3 is 2.88 bits per heavy atom. The van der Waals surface area contributed by atoms with E-state index >= 15 is 0 Å². The average Bonchev–Trinajstić information content (AvgIpc) is 3.52. The van der Waals surface area contributed by atoms with Crippen molar-refractivity contribution in [1.29, 1.82) is 5.26 Å². The molecule has 0 bridgehead atoms. The molecule has 5 rings (SSSR count). The van der Waals surface area contributed by atoms with Crippen molar-refractivity contribution < 1.29 is 9.47 Å². The summed E-state index contributed by atoms with van der Waals surface area (Å²) in [6.45, 7) is 3.79. The van der Waals surface area contributed by atoms with E-state index in [1.54, 1.807) is 26.3 Å². The number of aromatic amines is 1. The average molecular weight is 457 g/mol. The number of anilines is 1. The van der Waals surface area contributed by atoms with E-state index in [0.29, 0.717) is 23.8 Å². The Hall–Kier alpha value is -4.39. The van der Waals surface area contributed by atoms with Crippen molar-refractivity contribution in [3.63, 3.8) is 0 Å². The van der Waals surface area contributed by atoms with E-state index in [1.165, 1.54) is 4.57 Å². The van der Waals surface area contributed by atoms with Gasteiger partial charge < -0.3 is 19.4 Å².